The average Bonchev–Trinajstić information content (AvgIpc) is 3.00. The van der Waals surface area contributed by atoms with Crippen molar-refractivity contribution in [3.63, 3.8) is 0 Å². The van der Waals surface area contributed by atoms with Crippen LogP contribution < -0.4 is 5.56 Å². The van der Waals surface area contributed by atoms with Gasteiger partial charge in [0, 0.05) is 16.2 Å². The lowest BCUT2D eigenvalue weighted by atomic mass is 10.0. The number of benzene rings is 3. The van der Waals surface area contributed by atoms with Gasteiger partial charge < -0.3 is 0 Å². The van der Waals surface area contributed by atoms with E-state index in [-0.39, 0.29) is 5.56 Å². The van der Waals surface area contributed by atoms with Crippen LogP contribution >= 0.6 is 0 Å². The number of aromatic nitrogens is 2. The fourth-order valence-corrected chi connectivity index (χ4v) is 3.24. The van der Waals surface area contributed by atoms with E-state index in [9.17, 15) is 4.79 Å². The Bertz CT molecular complexity index is 1220. The molecule has 0 spiro atoms. The molecule has 0 aliphatic rings. The Hall–Kier alpha value is -2.94. The van der Waals surface area contributed by atoms with E-state index in [2.05, 4.69) is 18.8 Å². The predicted octanol–water partition coefficient (Wildman–Crippen LogP) is 5.01. The van der Waals surface area contributed by atoms with E-state index < -0.39 is 0 Å². The Morgan fingerprint density at radius 2 is 1.54 bits per heavy atom. The maximum absolute atomic E-state index is 12.9. The van der Waals surface area contributed by atoms with Crippen LogP contribution in [0.5, 0.6) is 0 Å². The highest BCUT2D eigenvalue weighted by molar-refractivity contribution is 6.15. The van der Waals surface area contributed by atoms with E-state index in [1.807, 2.05) is 60.7 Å². The molecule has 2 heterocycles. The Morgan fingerprint density at radius 1 is 0.875 bits per heavy atom. The minimum Gasteiger partial charge on any atom is -0.268 e. The first-order valence-electron chi connectivity index (χ1n) is 8.30. The van der Waals surface area contributed by atoms with Gasteiger partial charge in [-0.1, -0.05) is 62.7 Å². The van der Waals surface area contributed by atoms with Crippen molar-refractivity contribution in [2.24, 2.45) is 0 Å². The van der Waals surface area contributed by atoms with E-state index in [4.69, 9.17) is 0 Å². The normalized spacial score (nSPS) is 11.2. The summed E-state index contributed by atoms with van der Waals surface area (Å²) in [5.41, 5.74) is 2.46. The highest BCUT2D eigenvalue weighted by Gasteiger charge is 2.14. The topological polar surface area (TPSA) is 34.4 Å². The van der Waals surface area contributed by atoms with Crippen LogP contribution in [0.2, 0.25) is 0 Å². The lowest BCUT2D eigenvalue weighted by Crippen LogP contribution is -2.13. The first-order chi connectivity index (χ1) is 11.8. The summed E-state index contributed by atoms with van der Waals surface area (Å²) in [7, 11) is 0. The van der Waals surface area contributed by atoms with E-state index in [1.165, 1.54) is 6.42 Å². The Labute approximate surface area is 139 Å². The second-order valence-electron chi connectivity index (χ2n) is 5.98. The molecule has 0 aliphatic carbocycles. The summed E-state index contributed by atoms with van der Waals surface area (Å²) in [4.78, 5) is 17.6. The lowest BCUT2D eigenvalue weighted by molar-refractivity contribution is 1.09. The number of para-hydroxylation sites is 2. The van der Waals surface area contributed by atoms with Gasteiger partial charge in [0.15, 0.2) is 0 Å². The van der Waals surface area contributed by atoms with Crippen LogP contribution in [0.15, 0.2) is 65.5 Å². The van der Waals surface area contributed by atoms with Crippen molar-refractivity contribution >= 4 is 38.2 Å². The number of rotatable bonds is 0. The molecule has 0 N–H and O–H groups in total. The molecular formula is C21H18N2O. The van der Waals surface area contributed by atoms with Gasteiger partial charge in [-0.15, -0.1) is 0 Å². The van der Waals surface area contributed by atoms with Crippen LogP contribution in [0.1, 0.15) is 20.3 Å². The molecule has 0 unspecified atom stereocenters. The number of hydrogen-bond acceptors (Lipinski definition) is 2. The molecule has 24 heavy (non-hydrogen) atoms. The predicted molar refractivity (Wildman–Crippen MR) is 101 cm³/mol. The van der Waals surface area contributed by atoms with E-state index in [0.29, 0.717) is 0 Å². The fourth-order valence-electron chi connectivity index (χ4n) is 3.24. The molecule has 3 aromatic carbocycles. The molecule has 0 atom stereocenters. The van der Waals surface area contributed by atoms with Crippen LogP contribution in [0, 0.1) is 0 Å². The molecule has 5 rings (SSSR count). The van der Waals surface area contributed by atoms with Gasteiger partial charge in [-0.2, -0.15) is 0 Å². The summed E-state index contributed by atoms with van der Waals surface area (Å²) >= 11 is 0. The van der Waals surface area contributed by atoms with Crippen molar-refractivity contribution in [3.05, 3.63) is 71.0 Å². The molecule has 3 heteroatoms. The van der Waals surface area contributed by atoms with E-state index in [0.717, 1.165) is 38.2 Å². The standard InChI is InChI=1S/C18H10N2O.C3H8/c21-18-13-8-4-6-11-5-3-7-12(16(11)13)17-19-14-9-1-2-10-15(14)20(17)18;1-3-2/h1-10H;3H2,1-2H3. The average molecular weight is 314 g/mol. The van der Waals surface area contributed by atoms with Crippen LogP contribution in [0.25, 0.3) is 38.2 Å². The van der Waals surface area contributed by atoms with Crippen LogP contribution in [-0.4, -0.2) is 9.38 Å². The molecule has 5 aromatic rings. The molecule has 3 nitrogen and oxygen atoms in total. The van der Waals surface area contributed by atoms with Crippen molar-refractivity contribution in [2.45, 2.75) is 20.3 Å². The van der Waals surface area contributed by atoms with E-state index >= 15 is 0 Å². The molecule has 2 aromatic heterocycles. The zero-order valence-electron chi connectivity index (χ0n) is 13.8. The number of pyridine rings is 1. The number of hydrogen-bond donors (Lipinski definition) is 0. The maximum Gasteiger partial charge on any atom is 0.264 e. The number of fused-ring (bicyclic) bond motifs is 4. The molecule has 118 valence electrons. The van der Waals surface area contributed by atoms with Crippen LogP contribution in [0.3, 0.4) is 0 Å². The summed E-state index contributed by atoms with van der Waals surface area (Å²) in [6, 6.07) is 19.7. The lowest BCUT2D eigenvalue weighted by Gasteiger charge is -2.06. The first kappa shape index (κ1) is 14.6. The Morgan fingerprint density at radius 3 is 2.29 bits per heavy atom. The van der Waals surface area contributed by atoms with Gasteiger partial charge in [0.1, 0.15) is 5.65 Å². The summed E-state index contributed by atoms with van der Waals surface area (Å²) in [6.07, 6.45) is 1.25. The van der Waals surface area contributed by atoms with Crippen LogP contribution in [0.4, 0.5) is 0 Å². The van der Waals surface area contributed by atoms with E-state index in [1.54, 1.807) is 4.40 Å². The smallest absolute Gasteiger partial charge is 0.264 e. The summed E-state index contributed by atoms with van der Waals surface area (Å²) < 4.78 is 1.73. The van der Waals surface area contributed by atoms with Gasteiger partial charge in [0.2, 0.25) is 0 Å². The first-order valence-corrected chi connectivity index (χ1v) is 8.30. The summed E-state index contributed by atoms with van der Waals surface area (Å²) in [5.74, 6) is 0. The van der Waals surface area contributed by atoms with Crippen molar-refractivity contribution in [1.29, 1.82) is 0 Å². The minimum absolute atomic E-state index is 0.00278. The van der Waals surface area contributed by atoms with Gasteiger partial charge in [-0.3, -0.25) is 9.20 Å². The molecule has 0 amide bonds. The highest BCUT2D eigenvalue weighted by atomic mass is 16.1. The van der Waals surface area contributed by atoms with Crippen molar-refractivity contribution < 1.29 is 0 Å². The van der Waals surface area contributed by atoms with Gasteiger partial charge >= 0.3 is 0 Å². The van der Waals surface area contributed by atoms with Crippen LogP contribution in [-0.2, 0) is 0 Å². The third-order valence-corrected chi connectivity index (χ3v) is 4.14. The molecule has 0 bridgehead atoms. The van der Waals surface area contributed by atoms with Gasteiger partial charge in [0.05, 0.1) is 11.0 Å². The second-order valence-corrected chi connectivity index (χ2v) is 5.98. The number of imidazole rings is 1. The SMILES string of the molecule is CCC.O=c1c2cccc3cccc(c32)c2nc3ccccc3n12. The third-order valence-electron chi connectivity index (χ3n) is 4.14. The van der Waals surface area contributed by atoms with Crippen molar-refractivity contribution in [3.8, 4) is 0 Å². The molecule has 0 saturated heterocycles. The summed E-state index contributed by atoms with van der Waals surface area (Å²) in [5, 5.41) is 3.86. The molecule has 0 saturated carbocycles. The quantitative estimate of drug-likeness (QED) is 0.403. The largest absolute Gasteiger partial charge is 0.268 e. The molecule has 0 fully saturated rings. The van der Waals surface area contributed by atoms with Crippen molar-refractivity contribution in [1.82, 2.24) is 9.38 Å². The molecular weight excluding hydrogens is 296 g/mol. The zero-order valence-corrected chi connectivity index (χ0v) is 13.8. The Kier molecular flexibility index (Phi) is 3.42. The monoisotopic (exact) mass is 314 g/mol. The number of nitrogens with zero attached hydrogens (tertiary/aromatic N) is 2. The maximum atomic E-state index is 12.9. The second kappa shape index (κ2) is 5.60. The molecule has 0 aliphatic heterocycles. The molecule has 0 radical (unpaired) electrons. The highest BCUT2D eigenvalue weighted by Crippen LogP contribution is 2.29. The summed E-state index contributed by atoms with van der Waals surface area (Å²) in [6.45, 7) is 4.25. The zero-order chi connectivity index (χ0) is 16.7. The minimum atomic E-state index is 0.00278. The van der Waals surface area contributed by atoms with Gasteiger partial charge in [0.25, 0.3) is 5.56 Å². The van der Waals surface area contributed by atoms with Gasteiger partial charge in [-0.25, -0.2) is 4.98 Å². The fraction of sp³-hybridized carbons (Fsp3) is 0.143. The van der Waals surface area contributed by atoms with Crippen molar-refractivity contribution in [2.75, 3.05) is 0 Å². The Balaban J connectivity index is 0.000000455. The van der Waals surface area contributed by atoms with Gasteiger partial charge in [-0.05, 0) is 23.6 Å². The third kappa shape index (κ3) is 1.98.